The lowest BCUT2D eigenvalue weighted by Gasteiger charge is -2.28. The summed E-state index contributed by atoms with van der Waals surface area (Å²) in [6.45, 7) is 5.92. The van der Waals surface area contributed by atoms with Crippen molar-refractivity contribution in [2.24, 2.45) is 0 Å². The Morgan fingerprint density at radius 2 is 1.93 bits per heavy atom. The van der Waals surface area contributed by atoms with Gasteiger partial charge in [0.1, 0.15) is 24.4 Å². The van der Waals surface area contributed by atoms with Crippen LogP contribution in [0.2, 0.25) is 0 Å². The van der Waals surface area contributed by atoms with Crippen molar-refractivity contribution >= 4 is 29.3 Å². The number of ether oxygens (including phenoxy) is 2. The highest BCUT2D eigenvalue weighted by molar-refractivity contribution is 6.02. The molecule has 1 N–H and O–H groups in total. The molecule has 3 rings (SSSR count). The van der Waals surface area contributed by atoms with Gasteiger partial charge in [0.2, 0.25) is 0 Å². The fourth-order valence-corrected chi connectivity index (χ4v) is 2.98. The summed E-state index contributed by atoms with van der Waals surface area (Å²) in [6.07, 6.45) is 1.24. The number of hydrogen-bond acceptors (Lipinski definition) is 6. The van der Waals surface area contributed by atoms with E-state index in [0.717, 1.165) is 0 Å². The number of anilines is 2. The minimum Gasteiger partial charge on any atom is -0.488 e. The van der Waals surface area contributed by atoms with E-state index in [-0.39, 0.29) is 24.7 Å². The average molecular weight is 411 g/mol. The summed E-state index contributed by atoms with van der Waals surface area (Å²) in [6, 6.07) is 10.5. The standard InChI is InChI=1S/C22H25N3O5/c1-22(2,3)30-19(27)13-17(26)11-15-12-18-20(23-14-15)25(9-10-29-18)21(28)24-16-7-5-4-6-8-16/h4-8,12,14H,9-11,13H2,1-3H3,(H,24,28). The van der Waals surface area contributed by atoms with E-state index in [1.54, 1.807) is 39.0 Å². The molecular formula is C22H25N3O5. The van der Waals surface area contributed by atoms with Crippen molar-refractivity contribution in [3.05, 3.63) is 48.2 Å². The summed E-state index contributed by atoms with van der Waals surface area (Å²) < 4.78 is 10.8. The summed E-state index contributed by atoms with van der Waals surface area (Å²) in [5, 5.41) is 2.83. The molecule has 1 aromatic carbocycles. The number of pyridine rings is 1. The zero-order chi connectivity index (χ0) is 21.7. The number of benzene rings is 1. The Hall–Kier alpha value is -3.42. The van der Waals surface area contributed by atoms with E-state index in [0.29, 0.717) is 36.0 Å². The molecule has 1 aliphatic heterocycles. The molecule has 0 atom stereocenters. The summed E-state index contributed by atoms with van der Waals surface area (Å²) in [4.78, 5) is 42.5. The van der Waals surface area contributed by atoms with E-state index < -0.39 is 11.6 Å². The Kier molecular flexibility index (Phi) is 6.34. The molecule has 0 aliphatic carbocycles. The summed E-state index contributed by atoms with van der Waals surface area (Å²) in [5.74, 6) is -0.0241. The van der Waals surface area contributed by atoms with Crippen LogP contribution in [0.5, 0.6) is 5.75 Å². The number of amides is 2. The van der Waals surface area contributed by atoms with Crippen LogP contribution in [0.4, 0.5) is 16.3 Å². The van der Waals surface area contributed by atoms with Gasteiger partial charge in [-0.2, -0.15) is 0 Å². The van der Waals surface area contributed by atoms with Crippen molar-refractivity contribution in [3.8, 4) is 5.75 Å². The zero-order valence-electron chi connectivity index (χ0n) is 17.3. The Morgan fingerprint density at radius 3 is 2.63 bits per heavy atom. The van der Waals surface area contributed by atoms with Crippen molar-refractivity contribution in [3.63, 3.8) is 0 Å². The van der Waals surface area contributed by atoms with E-state index in [2.05, 4.69) is 10.3 Å². The number of esters is 1. The number of nitrogens with one attached hydrogen (secondary N) is 1. The number of urea groups is 1. The molecule has 2 heterocycles. The normalized spacial score (nSPS) is 13.1. The smallest absolute Gasteiger partial charge is 0.327 e. The number of hydrogen-bond donors (Lipinski definition) is 1. The SMILES string of the molecule is CC(C)(C)OC(=O)CC(=O)Cc1cnc2c(c1)OCCN2C(=O)Nc1ccccc1. The van der Waals surface area contributed by atoms with Crippen LogP contribution in [0.1, 0.15) is 32.8 Å². The van der Waals surface area contributed by atoms with Gasteiger partial charge in [-0.1, -0.05) is 18.2 Å². The first-order chi connectivity index (χ1) is 14.2. The highest BCUT2D eigenvalue weighted by atomic mass is 16.6. The number of carbonyl (C=O) groups is 3. The molecule has 2 aromatic rings. The Labute approximate surface area is 175 Å². The van der Waals surface area contributed by atoms with Crippen LogP contribution in [0.15, 0.2) is 42.6 Å². The van der Waals surface area contributed by atoms with Crippen molar-refractivity contribution in [2.45, 2.75) is 39.2 Å². The number of ketones is 1. The van der Waals surface area contributed by atoms with Gasteiger partial charge in [0, 0.05) is 18.3 Å². The van der Waals surface area contributed by atoms with Crippen molar-refractivity contribution in [1.82, 2.24) is 4.98 Å². The van der Waals surface area contributed by atoms with Gasteiger partial charge in [-0.05, 0) is 44.5 Å². The first-order valence-corrected chi connectivity index (χ1v) is 9.70. The molecule has 30 heavy (non-hydrogen) atoms. The van der Waals surface area contributed by atoms with Crippen LogP contribution >= 0.6 is 0 Å². The van der Waals surface area contributed by atoms with Crippen molar-refractivity contribution in [1.29, 1.82) is 0 Å². The molecule has 0 radical (unpaired) electrons. The van der Waals surface area contributed by atoms with E-state index >= 15 is 0 Å². The van der Waals surface area contributed by atoms with Crippen LogP contribution in [0, 0.1) is 0 Å². The quantitative estimate of drug-likeness (QED) is 0.598. The van der Waals surface area contributed by atoms with Crippen LogP contribution in [-0.4, -0.2) is 41.5 Å². The Bertz CT molecular complexity index is 938. The molecule has 158 valence electrons. The van der Waals surface area contributed by atoms with Gasteiger partial charge in [-0.3, -0.25) is 14.5 Å². The fourth-order valence-electron chi connectivity index (χ4n) is 2.98. The third kappa shape index (κ3) is 5.79. The van der Waals surface area contributed by atoms with Crippen molar-refractivity contribution < 1.29 is 23.9 Å². The molecule has 0 bridgehead atoms. The van der Waals surface area contributed by atoms with Crippen LogP contribution in [0.3, 0.4) is 0 Å². The van der Waals surface area contributed by atoms with Crippen LogP contribution < -0.4 is 15.0 Å². The number of Topliss-reactive ketones (excluding diaryl/α,β-unsaturated/α-hetero) is 1. The topological polar surface area (TPSA) is 97.8 Å². The van der Waals surface area contributed by atoms with Gasteiger partial charge in [0.05, 0.1) is 6.54 Å². The summed E-state index contributed by atoms with van der Waals surface area (Å²) in [5.41, 5.74) is 0.648. The van der Waals surface area contributed by atoms with Crippen LogP contribution in [0.25, 0.3) is 0 Å². The lowest BCUT2D eigenvalue weighted by Crippen LogP contribution is -2.41. The predicted molar refractivity (Wildman–Crippen MR) is 112 cm³/mol. The molecule has 0 saturated heterocycles. The lowest BCUT2D eigenvalue weighted by atomic mass is 10.1. The van der Waals surface area contributed by atoms with Crippen molar-refractivity contribution in [2.75, 3.05) is 23.4 Å². The summed E-state index contributed by atoms with van der Waals surface area (Å²) in [7, 11) is 0. The third-order valence-electron chi connectivity index (χ3n) is 4.15. The number of carbonyl (C=O) groups excluding carboxylic acids is 3. The number of aromatic nitrogens is 1. The molecule has 8 nitrogen and oxygen atoms in total. The minimum atomic E-state index is -0.637. The van der Waals surface area contributed by atoms with Crippen LogP contribution in [-0.2, 0) is 20.7 Å². The molecule has 0 saturated carbocycles. The summed E-state index contributed by atoms with van der Waals surface area (Å²) >= 11 is 0. The van der Waals surface area contributed by atoms with Gasteiger partial charge >= 0.3 is 12.0 Å². The molecule has 8 heteroatoms. The molecular weight excluding hydrogens is 386 g/mol. The average Bonchev–Trinajstić information content (AvgIpc) is 2.66. The molecule has 1 aliphatic rings. The first-order valence-electron chi connectivity index (χ1n) is 9.70. The molecule has 2 amide bonds. The van der Waals surface area contributed by atoms with E-state index in [9.17, 15) is 14.4 Å². The van der Waals surface area contributed by atoms with Gasteiger partial charge < -0.3 is 14.8 Å². The highest BCUT2D eigenvalue weighted by Gasteiger charge is 2.26. The monoisotopic (exact) mass is 411 g/mol. The number of rotatable bonds is 5. The second-order valence-corrected chi connectivity index (χ2v) is 7.94. The minimum absolute atomic E-state index is 0.0269. The lowest BCUT2D eigenvalue weighted by molar-refractivity contribution is -0.156. The highest BCUT2D eigenvalue weighted by Crippen LogP contribution is 2.30. The number of nitrogens with zero attached hydrogens (tertiary/aromatic N) is 2. The van der Waals surface area contributed by atoms with E-state index in [4.69, 9.17) is 9.47 Å². The predicted octanol–water partition coefficient (Wildman–Crippen LogP) is 3.36. The van der Waals surface area contributed by atoms with Gasteiger partial charge in [0.15, 0.2) is 11.6 Å². The molecule has 0 fully saturated rings. The maximum atomic E-state index is 12.6. The molecule has 0 unspecified atom stereocenters. The maximum absolute atomic E-state index is 12.6. The van der Waals surface area contributed by atoms with Gasteiger partial charge in [-0.15, -0.1) is 0 Å². The zero-order valence-corrected chi connectivity index (χ0v) is 17.3. The Morgan fingerprint density at radius 1 is 1.20 bits per heavy atom. The van der Waals surface area contributed by atoms with Gasteiger partial charge in [-0.25, -0.2) is 9.78 Å². The Balaban J connectivity index is 1.65. The fraction of sp³-hybridized carbons (Fsp3) is 0.364. The second kappa shape index (κ2) is 8.94. The second-order valence-electron chi connectivity index (χ2n) is 7.94. The first kappa shape index (κ1) is 21.3. The molecule has 1 aromatic heterocycles. The largest absolute Gasteiger partial charge is 0.488 e. The number of para-hydroxylation sites is 1. The number of fused-ring (bicyclic) bond motifs is 1. The van der Waals surface area contributed by atoms with E-state index in [1.165, 1.54) is 11.1 Å². The maximum Gasteiger partial charge on any atom is 0.327 e. The molecule has 0 spiro atoms. The van der Waals surface area contributed by atoms with Gasteiger partial charge in [0.25, 0.3) is 0 Å². The third-order valence-corrected chi connectivity index (χ3v) is 4.15. The van der Waals surface area contributed by atoms with E-state index in [1.807, 2.05) is 18.2 Å².